The highest BCUT2D eigenvalue weighted by Gasteiger charge is 2.47. The number of nitrogens with zero attached hydrogens (tertiary/aromatic N) is 6. The van der Waals surface area contributed by atoms with Gasteiger partial charge in [-0.05, 0) is 113 Å². The average Bonchev–Trinajstić information content (AvgIpc) is 1.86. The van der Waals surface area contributed by atoms with Crippen LogP contribution >= 0.6 is 23.1 Å². The number of nitrogens with one attached hydrogen (secondary N) is 6. The Labute approximate surface area is 534 Å². The zero-order valence-corrected chi connectivity index (χ0v) is 52.9. The highest BCUT2D eigenvalue weighted by molar-refractivity contribution is 7.11. The number of hydrogen-bond donors (Lipinski definition) is 6. The Morgan fingerprint density at radius 3 is 1.28 bits per heavy atom. The second kappa shape index (κ2) is 31.5. The van der Waals surface area contributed by atoms with Crippen LogP contribution in [0.15, 0.2) is 109 Å². The highest BCUT2D eigenvalue weighted by atomic mass is 32.1. The summed E-state index contributed by atoms with van der Waals surface area (Å²) < 4.78 is 21.2. The molecule has 2 aromatic heterocycles. The van der Waals surface area contributed by atoms with Gasteiger partial charge in [-0.3, -0.25) is 28.8 Å². The summed E-state index contributed by atoms with van der Waals surface area (Å²) in [6.07, 6.45) is 8.75. The van der Waals surface area contributed by atoms with Crippen LogP contribution in [0.4, 0.5) is 10.0 Å². The Morgan fingerprint density at radius 1 is 0.533 bits per heavy atom. The van der Waals surface area contributed by atoms with E-state index in [0.717, 1.165) is 121 Å². The van der Waals surface area contributed by atoms with Crippen molar-refractivity contribution >= 4 is 68.5 Å². The van der Waals surface area contributed by atoms with Crippen LogP contribution in [0.2, 0.25) is 0 Å². The summed E-state index contributed by atoms with van der Waals surface area (Å²) in [5.41, 5.74) is 5.97. The third kappa shape index (κ3) is 16.6. The maximum Gasteiger partial charge on any atom is 0.247 e. The number of aromatic nitrogens is 4. The monoisotopic (exact) mass is 1250 g/mol. The van der Waals surface area contributed by atoms with E-state index in [-0.39, 0.29) is 86.4 Å². The lowest BCUT2D eigenvalue weighted by molar-refractivity contribution is -0.142. The number of rotatable bonds is 22. The van der Waals surface area contributed by atoms with Gasteiger partial charge in [-0.15, -0.1) is 10.2 Å². The molecule has 6 amide bonds. The molecule has 22 heteroatoms. The first kappa shape index (κ1) is 64.8. The van der Waals surface area contributed by atoms with Crippen molar-refractivity contribution in [3.63, 3.8) is 0 Å². The summed E-state index contributed by atoms with van der Waals surface area (Å²) in [4.78, 5) is 88.2. The van der Waals surface area contributed by atoms with Crippen molar-refractivity contribution < 1.29 is 38.2 Å². The van der Waals surface area contributed by atoms with Crippen molar-refractivity contribution in [3.8, 4) is 46.2 Å². The second-order valence-corrected chi connectivity index (χ2v) is 25.2. The lowest BCUT2D eigenvalue weighted by Gasteiger charge is -2.35. The average molecular weight is 1260 g/mol. The number of benzene rings is 4. The molecule has 8 atom stereocenters. The first-order valence-corrected chi connectivity index (χ1v) is 32.7. The smallest absolute Gasteiger partial charge is 0.247 e. The summed E-state index contributed by atoms with van der Waals surface area (Å²) in [7, 11) is 3.41. The molecule has 0 radical (unpaired) electrons. The number of amides is 6. The Kier molecular flexibility index (Phi) is 22.7. The molecule has 2 saturated heterocycles. The van der Waals surface area contributed by atoms with E-state index in [0.29, 0.717) is 21.4 Å². The Morgan fingerprint density at radius 2 is 0.911 bits per heavy atom. The van der Waals surface area contributed by atoms with Crippen LogP contribution < -0.4 is 31.9 Å². The van der Waals surface area contributed by atoms with Crippen LogP contribution in [-0.2, 0) is 51.5 Å². The van der Waals surface area contributed by atoms with Gasteiger partial charge in [-0.2, -0.15) is 0 Å². The van der Waals surface area contributed by atoms with Gasteiger partial charge in [-0.25, -0.2) is 0 Å². The van der Waals surface area contributed by atoms with Crippen LogP contribution in [0, 0.1) is 35.5 Å². The first-order valence-electron chi connectivity index (χ1n) is 31.2. The van der Waals surface area contributed by atoms with Gasteiger partial charge < -0.3 is 51.2 Å². The number of anilines is 2. The molecule has 10 rings (SSSR count). The lowest BCUT2D eigenvalue weighted by Crippen LogP contribution is -2.57. The minimum absolute atomic E-state index is 0.0635. The van der Waals surface area contributed by atoms with Gasteiger partial charge in [0.05, 0.1) is 37.5 Å². The van der Waals surface area contributed by atoms with E-state index in [1.165, 1.54) is 0 Å². The Balaban J connectivity index is 0.757. The zero-order valence-electron chi connectivity index (χ0n) is 51.2. The molecule has 4 fully saturated rings. The van der Waals surface area contributed by atoms with Crippen LogP contribution in [-0.4, -0.2) is 140 Å². The van der Waals surface area contributed by atoms with Crippen molar-refractivity contribution in [3.05, 3.63) is 131 Å². The van der Waals surface area contributed by atoms with E-state index >= 15 is 0 Å². The predicted molar refractivity (Wildman–Crippen MR) is 346 cm³/mol. The number of likely N-dealkylation sites (tertiary alicyclic amines) is 2. The number of carbonyl (C=O) groups is 6. The predicted octanol–water partition coefficient (Wildman–Crippen LogP) is 7.72. The van der Waals surface area contributed by atoms with Gasteiger partial charge in [0.1, 0.15) is 45.6 Å². The van der Waals surface area contributed by atoms with Gasteiger partial charge in [0, 0.05) is 71.2 Å². The summed E-state index contributed by atoms with van der Waals surface area (Å²) in [6, 6.07) is 29.9. The van der Waals surface area contributed by atoms with Crippen molar-refractivity contribution in [2.24, 2.45) is 11.8 Å². The number of likely N-dealkylation sites (N-methyl/N-ethyl adjacent to an activating group) is 2. The third-order valence-electron chi connectivity index (χ3n) is 17.6. The fourth-order valence-corrected chi connectivity index (χ4v) is 13.4. The second-order valence-electron chi connectivity index (χ2n) is 23.6. The molecule has 6 aromatic rings. The van der Waals surface area contributed by atoms with Crippen molar-refractivity contribution in [1.82, 2.24) is 50.2 Å². The quantitative estimate of drug-likeness (QED) is 0.0356. The van der Waals surface area contributed by atoms with Gasteiger partial charge >= 0.3 is 0 Å². The van der Waals surface area contributed by atoms with Gasteiger partial charge in [0.15, 0.2) is 0 Å². The Hall–Kier alpha value is -8.22. The third-order valence-corrected chi connectivity index (χ3v) is 18.9. The molecule has 0 bridgehead atoms. The van der Waals surface area contributed by atoms with Crippen LogP contribution in [0.3, 0.4) is 0 Å². The zero-order chi connectivity index (χ0) is 62.9. The van der Waals surface area contributed by atoms with Gasteiger partial charge in [-0.1, -0.05) is 144 Å². The SMILES string of the molecule is CN[C@@H](C)C(=O)NC(C(=O)N1C[C@@H](OCc2ccc(C#CC#Cc3ccc(COC4C[C@@H](C(=O)Nc5snnc5-c5ccccc5)N(C(=O)[C@@H](NC(=O)[C@H](C)NC)C5CCCCC5)C4)cc3)cc2)C[C@H]1C(=O)Nc1snnc1-c1ccccc1)C1CCCCC1. The van der Waals surface area contributed by atoms with E-state index in [1.807, 2.05) is 109 Å². The van der Waals surface area contributed by atoms with E-state index in [4.69, 9.17) is 9.47 Å². The van der Waals surface area contributed by atoms with E-state index in [1.54, 1.807) is 37.7 Å². The van der Waals surface area contributed by atoms with Gasteiger partial charge in [0.2, 0.25) is 35.4 Å². The van der Waals surface area contributed by atoms with Crippen LogP contribution in [0.5, 0.6) is 0 Å². The van der Waals surface area contributed by atoms with Crippen molar-refractivity contribution in [2.75, 3.05) is 37.8 Å². The fraction of sp³-hybridized carbons (Fsp3) is 0.441. The Bertz CT molecular complexity index is 3320. The molecule has 4 aliphatic rings. The standard InChI is InChI=1S/C68H78N12O8S2/c1-43(69-3)61(81)71-59(51-25-13-7-14-26-51)67(85)79-39-53(37-55(79)63(83)73-65-57(75-77-89-65)49-21-9-5-10-22-49)87-41-47-33-29-45(30-34-47)19-17-18-20-46-31-35-48(36-32-46)42-88-54-38-56(64(84)74-66-58(76-78-90-66)50-23-11-6-12-24-50)80(40-54)68(86)60(52-27-15-8-16-28-52)72-62(82)44(2)70-4/h5-6,9-12,21-24,29-36,43-44,51-56,59-60,69-70H,7-8,13-16,25-28,37-42H2,1-4H3,(H,71,81)(H,72,82)(H,73,83)(H,74,84)/t43-,44-,53-,54?,55-,56-,59?,60-/m0/s1. The molecule has 2 unspecified atom stereocenters. The topological polar surface area (TPSA) is 251 Å². The summed E-state index contributed by atoms with van der Waals surface area (Å²) in [5, 5.41) is 27.7. The number of ether oxygens (including phenoxy) is 2. The normalized spacial score (nSPS) is 19.9. The highest BCUT2D eigenvalue weighted by Crippen LogP contribution is 2.36. The largest absolute Gasteiger partial charge is 0.372 e. The first-order chi connectivity index (χ1) is 43.8. The molecule has 6 N–H and O–H groups in total. The fourth-order valence-electron chi connectivity index (χ4n) is 12.2. The van der Waals surface area contributed by atoms with E-state index in [2.05, 4.69) is 74.8 Å². The van der Waals surface area contributed by atoms with Gasteiger partial charge in [0.25, 0.3) is 0 Å². The molecule has 0 spiro atoms. The maximum absolute atomic E-state index is 14.8. The van der Waals surface area contributed by atoms with Crippen LogP contribution in [0.25, 0.3) is 22.5 Å². The molecule has 2 aliphatic carbocycles. The minimum atomic E-state index is -0.877. The molecule has 20 nitrogen and oxygen atoms in total. The summed E-state index contributed by atoms with van der Waals surface area (Å²) in [5.74, 6) is 10.1. The van der Waals surface area contributed by atoms with E-state index in [9.17, 15) is 28.8 Å². The van der Waals surface area contributed by atoms with Crippen molar-refractivity contribution in [2.45, 2.75) is 153 Å². The maximum atomic E-state index is 14.8. The molecule has 4 heterocycles. The lowest BCUT2D eigenvalue weighted by atomic mass is 9.83. The molecule has 2 saturated carbocycles. The number of hydrogen-bond acceptors (Lipinski definition) is 16. The molecule has 90 heavy (non-hydrogen) atoms. The van der Waals surface area contributed by atoms with Crippen LogP contribution in [0.1, 0.15) is 113 Å². The summed E-state index contributed by atoms with van der Waals surface area (Å²) >= 11 is 2.14. The van der Waals surface area contributed by atoms with Crippen molar-refractivity contribution in [1.29, 1.82) is 0 Å². The summed E-state index contributed by atoms with van der Waals surface area (Å²) in [6.45, 7) is 4.30. The molecule has 2 aliphatic heterocycles. The molecular weight excluding hydrogens is 1180 g/mol. The molecule has 4 aromatic carbocycles. The molecular formula is C68H78N12O8S2. The minimum Gasteiger partial charge on any atom is -0.372 e. The van der Waals surface area contributed by atoms with E-state index < -0.39 is 48.5 Å². The number of carbonyl (C=O) groups excluding carboxylic acids is 6. The molecule has 470 valence electrons.